The van der Waals surface area contributed by atoms with Crippen molar-refractivity contribution in [2.45, 2.75) is 59.8 Å². The van der Waals surface area contributed by atoms with E-state index in [1.165, 1.54) is 0 Å². The summed E-state index contributed by atoms with van der Waals surface area (Å²) in [6.07, 6.45) is 6.77. The summed E-state index contributed by atoms with van der Waals surface area (Å²) in [7, 11) is 0. The third kappa shape index (κ3) is 3.62. The van der Waals surface area contributed by atoms with Crippen LogP contribution in [-0.4, -0.2) is 5.78 Å². The average Bonchev–Trinajstić information content (AvgIpc) is 2.22. The largest absolute Gasteiger partial charge is 0.299 e. The van der Waals surface area contributed by atoms with Gasteiger partial charge < -0.3 is 0 Å². The van der Waals surface area contributed by atoms with Crippen LogP contribution >= 0.6 is 11.6 Å². The summed E-state index contributed by atoms with van der Waals surface area (Å²) in [5.74, 6) is 0.407. The number of carbonyl (C=O) groups is 1. The van der Waals surface area contributed by atoms with E-state index in [2.05, 4.69) is 20.8 Å². The van der Waals surface area contributed by atoms with Crippen molar-refractivity contribution >= 4 is 17.4 Å². The number of hydrogen-bond donors (Lipinski definition) is 0. The van der Waals surface area contributed by atoms with Gasteiger partial charge in [-0.1, -0.05) is 44.9 Å². The van der Waals surface area contributed by atoms with Crippen molar-refractivity contribution in [2.24, 2.45) is 10.8 Å². The number of hydrogen-bond acceptors (Lipinski definition) is 1. The fourth-order valence-corrected chi connectivity index (χ4v) is 2.49. The van der Waals surface area contributed by atoms with E-state index < -0.39 is 0 Å². The maximum atomic E-state index is 12.3. The molecule has 0 heterocycles. The second-order valence-corrected chi connectivity index (χ2v) is 6.77. The monoisotopic (exact) mass is 242 g/mol. The molecule has 0 aromatic rings. The third-order valence-corrected chi connectivity index (χ3v) is 3.88. The highest BCUT2D eigenvalue weighted by Gasteiger charge is 2.38. The Labute approximate surface area is 104 Å². The number of carbonyl (C=O) groups excluding carboxylic acids is 1. The molecule has 0 unspecified atom stereocenters. The van der Waals surface area contributed by atoms with Crippen molar-refractivity contribution in [1.29, 1.82) is 0 Å². The van der Waals surface area contributed by atoms with Crippen LogP contribution in [0.15, 0.2) is 11.1 Å². The van der Waals surface area contributed by atoms with E-state index in [9.17, 15) is 4.79 Å². The van der Waals surface area contributed by atoms with Crippen molar-refractivity contribution in [3.8, 4) is 0 Å². The van der Waals surface area contributed by atoms with Crippen LogP contribution in [0.5, 0.6) is 0 Å². The molecule has 0 aliphatic heterocycles. The molecule has 2 heteroatoms. The molecule has 0 aromatic heterocycles. The lowest BCUT2D eigenvalue weighted by atomic mass is 9.76. The van der Waals surface area contributed by atoms with Gasteiger partial charge in [0.15, 0.2) is 0 Å². The lowest BCUT2D eigenvalue weighted by Crippen LogP contribution is -2.28. The predicted octanol–water partition coefficient (Wildman–Crippen LogP) is 4.69. The molecule has 92 valence electrons. The first-order valence-corrected chi connectivity index (χ1v) is 6.49. The first-order valence-electron chi connectivity index (χ1n) is 6.11. The smallest absolute Gasteiger partial charge is 0.139 e. The normalized spacial score (nSPS) is 31.3. The topological polar surface area (TPSA) is 17.1 Å². The highest BCUT2D eigenvalue weighted by Crippen LogP contribution is 2.42. The fourth-order valence-electron chi connectivity index (χ4n) is 2.41. The van der Waals surface area contributed by atoms with Crippen LogP contribution in [-0.2, 0) is 4.79 Å². The molecule has 0 aromatic carbocycles. The van der Waals surface area contributed by atoms with E-state index in [1.54, 1.807) is 0 Å². The molecule has 1 rings (SSSR count). The molecule has 0 N–H and O–H groups in total. The Balaban J connectivity index is 2.80. The van der Waals surface area contributed by atoms with Gasteiger partial charge in [-0.05, 0) is 31.6 Å². The highest BCUT2D eigenvalue weighted by molar-refractivity contribution is 6.29. The van der Waals surface area contributed by atoms with Crippen LogP contribution in [0.2, 0.25) is 0 Å². The third-order valence-electron chi connectivity index (χ3n) is 3.73. The summed E-state index contributed by atoms with van der Waals surface area (Å²) in [4.78, 5) is 12.3. The van der Waals surface area contributed by atoms with Gasteiger partial charge in [0.25, 0.3) is 0 Å². The molecule has 1 aliphatic rings. The van der Waals surface area contributed by atoms with Crippen LogP contribution < -0.4 is 0 Å². The Morgan fingerprint density at radius 1 is 1.38 bits per heavy atom. The lowest BCUT2D eigenvalue weighted by molar-refractivity contribution is -0.129. The summed E-state index contributed by atoms with van der Waals surface area (Å²) in [5.41, 5.74) is -0.0154. The standard InChI is InChI=1S/C14H23ClO/c1-11(15)6-9-14(4)8-5-7-13(2,3)10-12(14)16/h6H,5,7-10H2,1-4H3/b11-6+/t14-/m1/s1. The fraction of sp³-hybridized carbons (Fsp3) is 0.786. The first-order chi connectivity index (χ1) is 7.25. The SMILES string of the molecule is C/C(Cl)=C\C[C@@]1(C)CCCC(C)(C)CC1=O. The number of ketones is 1. The Hall–Kier alpha value is -0.300. The van der Waals surface area contributed by atoms with E-state index in [4.69, 9.17) is 11.6 Å². The summed E-state index contributed by atoms with van der Waals surface area (Å²) >= 11 is 5.85. The van der Waals surface area contributed by atoms with Gasteiger partial charge in [-0.3, -0.25) is 4.79 Å². The molecule has 1 atom stereocenters. The van der Waals surface area contributed by atoms with Gasteiger partial charge in [0, 0.05) is 16.9 Å². The highest BCUT2D eigenvalue weighted by atomic mass is 35.5. The lowest BCUT2D eigenvalue weighted by Gasteiger charge is -2.26. The van der Waals surface area contributed by atoms with E-state index in [0.717, 1.165) is 30.7 Å². The summed E-state index contributed by atoms with van der Waals surface area (Å²) in [5, 5.41) is 0.789. The Morgan fingerprint density at radius 3 is 2.56 bits per heavy atom. The van der Waals surface area contributed by atoms with Crippen molar-refractivity contribution < 1.29 is 4.79 Å². The zero-order valence-corrected chi connectivity index (χ0v) is 11.7. The summed E-state index contributed by atoms with van der Waals surface area (Å²) in [6, 6.07) is 0. The van der Waals surface area contributed by atoms with Crippen LogP contribution in [0.3, 0.4) is 0 Å². The van der Waals surface area contributed by atoms with Gasteiger partial charge >= 0.3 is 0 Å². The first kappa shape index (κ1) is 13.8. The predicted molar refractivity (Wildman–Crippen MR) is 69.6 cm³/mol. The van der Waals surface area contributed by atoms with Crippen LogP contribution in [0.4, 0.5) is 0 Å². The molecule has 0 spiro atoms. The molecular formula is C14H23ClO. The van der Waals surface area contributed by atoms with Crippen molar-refractivity contribution in [3.05, 3.63) is 11.1 Å². The van der Waals surface area contributed by atoms with Crippen molar-refractivity contribution in [3.63, 3.8) is 0 Å². The molecule has 1 fully saturated rings. The molecule has 1 saturated carbocycles. The molecule has 1 aliphatic carbocycles. The number of halogens is 1. The van der Waals surface area contributed by atoms with E-state index in [0.29, 0.717) is 12.2 Å². The van der Waals surface area contributed by atoms with Gasteiger partial charge in [-0.15, -0.1) is 0 Å². The quantitative estimate of drug-likeness (QED) is 0.642. The van der Waals surface area contributed by atoms with Crippen LogP contribution in [0.25, 0.3) is 0 Å². The van der Waals surface area contributed by atoms with E-state index in [1.807, 2.05) is 13.0 Å². The summed E-state index contributed by atoms with van der Waals surface area (Å²) < 4.78 is 0. The Bertz CT molecular complexity index is 300. The van der Waals surface area contributed by atoms with Crippen LogP contribution in [0, 0.1) is 10.8 Å². The zero-order valence-electron chi connectivity index (χ0n) is 10.9. The molecule has 0 amide bonds. The zero-order chi connectivity index (χ0) is 12.4. The van der Waals surface area contributed by atoms with Crippen LogP contribution in [0.1, 0.15) is 59.8 Å². The maximum absolute atomic E-state index is 12.3. The molecule has 0 radical (unpaired) electrons. The van der Waals surface area contributed by atoms with Gasteiger partial charge in [0.05, 0.1) is 0 Å². The van der Waals surface area contributed by atoms with Gasteiger partial charge in [-0.25, -0.2) is 0 Å². The Morgan fingerprint density at radius 2 is 2.00 bits per heavy atom. The average molecular weight is 243 g/mol. The second kappa shape index (κ2) is 4.91. The molecular weight excluding hydrogens is 220 g/mol. The van der Waals surface area contributed by atoms with Gasteiger partial charge in [0.1, 0.15) is 5.78 Å². The van der Waals surface area contributed by atoms with E-state index >= 15 is 0 Å². The summed E-state index contributed by atoms with van der Waals surface area (Å²) in [6.45, 7) is 8.35. The minimum absolute atomic E-state index is 0.175. The number of Topliss-reactive ketones (excluding diaryl/α,β-unsaturated/α-hetero) is 1. The van der Waals surface area contributed by atoms with Gasteiger partial charge in [-0.2, -0.15) is 0 Å². The van der Waals surface area contributed by atoms with E-state index in [-0.39, 0.29) is 10.8 Å². The van der Waals surface area contributed by atoms with Crippen molar-refractivity contribution in [2.75, 3.05) is 0 Å². The maximum Gasteiger partial charge on any atom is 0.139 e. The molecule has 0 bridgehead atoms. The minimum Gasteiger partial charge on any atom is -0.299 e. The Kier molecular flexibility index (Phi) is 4.23. The molecule has 1 nitrogen and oxygen atoms in total. The van der Waals surface area contributed by atoms with Crippen molar-refractivity contribution in [1.82, 2.24) is 0 Å². The molecule has 0 saturated heterocycles. The van der Waals surface area contributed by atoms with Gasteiger partial charge in [0.2, 0.25) is 0 Å². The second-order valence-electron chi connectivity index (χ2n) is 6.17. The number of rotatable bonds is 2. The minimum atomic E-state index is -0.191. The molecule has 16 heavy (non-hydrogen) atoms. The number of allylic oxidation sites excluding steroid dienone is 2.